The molecule has 0 saturated carbocycles. The zero-order valence-electron chi connectivity index (χ0n) is 9.98. The van der Waals surface area contributed by atoms with Crippen LogP contribution < -0.4 is 0 Å². The molecule has 1 aromatic carbocycles. The predicted octanol–water partition coefficient (Wildman–Crippen LogP) is 2.37. The number of benzene rings is 1. The number of phenols is 1. The zero-order chi connectivity index (χ0) is 11.3. The van der Waals surface area contributed by atoms with Gasteiger partial charge in [-0.15, -0.1) is 0 Å². The van der Waals surface area contributed by atoms with Crippen LogP contribution in [0.4, 0.5) is 0 Å². The van der Waals surface area contributed by atoms with Crippen LogP contribution in [-0.2, 0) is 6.42 Å². The van der Waals surface area contributed by atoms with Crippen molar-refractivity contribution in [1.29, 1.82) is 0 Å². The molecule has 0 bridgehead atoms. The summed E-state index contributed by atoms with van der Waals surface area (Å²) in [5, 5.41) is 9.65. The van der Waals surface area contributed by atoms with E-state index in [0.717, 1.165) is 6.42 Å². The number of likely N-dealkylation sites (tertiary alicyclic amines) is 1. The summed E-state index contributed by atoms with van der Waals surface area (Å²) in [6.07, 6.45) is 2.43. The summed E-state index contributed by atoms with van der Waals surface area (Å²) in [7, 11) is 2.23. The highest BCUT2D eigenvalue weighted by Crippen LogP contribution is 2.44. The van der Waals surface area contributed by atoms with Crippen LogP contribution >= 0.6 is 0 Å². The molecule has 1 N–H and O–H groups in total. The van der Waals surface area contributed by atoms with E-state index in [-0.39, 0.29) is 0 Å². The standard InChI is InChI=1S/C14H19NO/c1-9-8-15(2)13-6-4-10-3-5-11(16)7-12(10)14(9)13/h3,5,7,9,13-14,16H,4,6,8H2,1-2H3/t9-,13+,14-/m0/s1. The molecule has 2 aliphatic rings. The van der Waals surface area contributed by atoms with Crippen molar-refractivity contribution < 1.29 is 5.11 Å². The van der Waals surface area contributed by atoms with E-state index in [4.69, 9.17) is 0 Å². The number of aromatic hydroxyl groups is 1. The molecular weight excluding hydrogens is 198 g/mol. The summed E-state index contributed by atoms with van der Waals surface area (Å²) < 4.78 is 0. The second-order valence-corrected chi connectivity index (χ2v) is 5.43. The maximum Gasteiger partial charge on any atom is 0.115 e. The van der Waals surface area contributed by atoms with Crippen molar-refractivity contribution in [2.75, 3.05) is 13.6 Å². The van der Waals surface area contributed by atoms with E-state index in [1.54, 1.807) is 0 Å². The molecule has 0 unspecified atom stereocenters. The van der Waals surface area contributed by atoms with Gasteiger partial charge in [-0.25, -0.2) is 0 Å². The molecule has 1 aliphatic heterocycles. The summed E-state index contributed by atoms with van der Waals surface area (Å²) in [5.74, 6) is 1.75. The van der Waals surface area contributed by atoms with Crippen LogP contribution in [0.15, 0.2) is 18.2 Å². The van der Waals surface area contributed by atoms with Crippen LogP contribution in [0.1, 0.15) is 30.4 Å². The Hall–Kier alpha value is -1.02. The van der Waals surface area contributed by atoms with Crippen molar-refractivity contribution in [2.45, 2.75) is 31.7 Å². The highest BCUT2D eigenvalue weighted by Gasteiger charge is 2.41. The Bertz CT molecular complexity index is 415. The van der Waals surface area contributed by atoms with E-state index < -0.39 is 0 Å². The minimum atomic E-state index is 0.418. The molecule has 1 saturated heterocycles. The molecule has 1 aliphatic carbocycles. The normalized spacial score (nSPS) is 33.5. The molecule has 0 radical (unpaired) electrons. The molecule has 2 heteroatoms. The highest BCUT2D eigenvalue weighted by atomic mass is 16.3. The number of hydrogen-bond donors (Lipinski definition) is 1. The first kappa shape index (κ1) is 10.2. The third kappa shape index (κ3) is 1.36. The second-order valence-electron chi connectivity index (χ2n) is 5.43. The van der Waals surface area contributed by atoms with Crippen molar-refractivity contribution in [3.63, 3.8) is 0 Å². The summed E-state index contributed by atoms with van der Waals surface area (Å²) >= 11 is 0. The average Bonchev–Trinajstić information content (AvgIpc) is 2.54. The highest BCUT2D eigenvalue weighted by molar-refractivity contribution is 5.41. The number of aryl methyl sites for hydroxylation is 1. The number of phenolic OH excluding ortho intramolecular Hbond substituents is 1. The van der Waals surface area contributed by atoms with Crippen LogP contribution in [0.3, 0.4) is 0 Å². The fourth-order valence-corrected chi connectivity index (χ4v) is 3.69. The van der Waals surface area contributed by atoms with Crippen LogP contribution in [0.5, 0.6) is 5.75 Å². The smallest absolute Gasteiger partial charge is 0.115 e. The molecule has 0 aromatic heterocycles. The Morgan fingerprint density at radius 3 is 3.00 bits per heavy atom. The van der Waals surface area contributed by atoms with Crippen LogP contribution in [0, 0.1) is 5.92 Å². The van der Waals surface area contributed by atoms with Gasteiger partial charge in [0, 0.05) is 18.5 Å². The van der Waals surface area contributed by atoms with Crippen molar-refractivity contribution in [1.82, 2.24) is 4.90 Å². The Morgan fingerprint density at radius 2 is 2.19 bits per heavy atom. The molecule has 1 heterocycles. The Morgan fingerprint density at radius 1 is 1.38 bits per heavy atom. The number of hydrogen-bond acceptors (Lipinski definition) is 2. The lowest BCUT2D eigenvalue weighted by Gasteiger charge is -2.32. The van der Waals surface area contributed by atoms with Gasteiger partial charge in [0.05, 0.1) is 0 Å². The summed E-state index contributed by atoms with van der Waals surface area (Å²) in [6.45, 7) is 3.52. The minimum Gasteiger partial charge on any atom is -0.508 e. The maximum atomic E-state index is 9.65. The molecule has 2 nitrogen and oxygen atoms in total. The van der Waals surface area contributed by atoms with Gasteiger partial charge in [0.25, 0.3) is 0 Å². The quantitative estimate of drug-likeness (QED) is 0.721. The van der Waals surface area contributed by atoms with Gasteiger partial charge in [-0.1, -0.05) is 13.0 Å². The maximum absolute atomic E-state index is 9.65. The molecule has 1 fully saturated rings. The zero-order valence-corrected chi connectivity index (χ0v) is 9.98. The molecule has 86 valence electrons. The average molecular weight is 217 g/mol. The van der Waals surface area contributed by atoms with E-state index >= 15 is 0 Å². The van der Waals surface area contributed by atoms with Gasteiger partial charge in [-0.3, -0.25) is 0 Å². The Balaban J connectivity index is 2.07. The van der Waals surface area contributed by atoms with E-state index in [1.165, 1.54) is 24.1 Å². The van der Waals surface area contributed by atoms with Gasteiger partial charge in [0.1, 0.15) is 5.75 Å². The molecule has 16 heavy (non-hydrogen) atoms. The van der Waals surface area contributed by atoms with E-state index in [2.05, 4.69) is 24.9 Å². The molecule has 0 amide bonds. The third-order valence-electron chi connectivity index (χ3n) is 4.37. The Kier molecular flexibility index (Phi) is 2.21. The van der Waals surface area contributed by atoms with E-state index in [9.17, 15) is 5.11 Å². The molecular formula is C14H19NO. The van der Waals surface area contributed by atoms with E-state index in [1.807, 2.05) is 12.1 Å². The van der Waals surface area contributed by atoms with Gasteiger partial charge in [0.15, 0.2) is 0 Å². The first-order valence-electron chi connectivity index (χ1n) is 6.19. The summed E-state index contributed by atoms with van der Waals surface area (Å²) in [5.41, 5.74) is 2.84. The molecule has 0 spiro atoms. The fraction of sp³-hybridized carbons (Fsp3) is 0.571. The first-order valence-corrected chi connectivity index (χ1v) is 6.19. The van der Waals surface area contributed by atoms with Gasteiger partial charge < -0.3 is 10.0 Å². The first-order chi connectivity index (χ1) is 7.66. The molecule has 3 rings (SSSR count). The van der Waals surface area contributed by atoms with Crippen LogP contribution in [-0.4, -0.2) is 29.6 Å². The lowest BCUT2D eigenvalue weighted by atomic mass is 9.76. The number of rotatable bonds is 0. The van der Waals surface area contributed by atoms with Crippen molar-refractivity contribution in [3.8, 4) is 5.75 Å². The SMILES string of the molecule is C[C@H]1CN(C)[C@@H]2CCc3ccc(O)cc3[C@@H]21. The van der Waals surface area contributed by atoms with Crippen LogP contribution in [0.2, 0.25) is 0 Å². The van der Waals surface area contributed by atoms with E-state index in [0.29, 0.717) is 23.6 Å². The largest absolute Gasteiger partial charge is 0.508 e. The number of nitrogens with zero attached hydrogens (tertiary/aromatic N) is 1. The summed E-state index contributed by atoms with van der Waals surface area (Å²) in [6, 6.07) is 6.60. The number of likely N-dealkylation sites (N-methyl/N-ethyl adjacent to an activating group) is 1. The van der Waals surface area contributed by atoms with Crippen molar-refractivity contribution in [3.05, 3.63) is 29.3 Å². The van der Waals surface area contributed by atoms with Gasteiger partial charge in [-0.2, -0.15) is 0 Å². The minimum absolute atomic E-state index is 0.418. The summed E-state index contributed by atoms with van der Waals surface area (Å²) in [4.78, 5) is 2.49. The van der Waals surface area contributed by atoms with Gasteiger partial charge >= 0.3 is 0 Å². The predicted molar refractivity (Wildman–Crippen MR) is 64.8 cm³/mol. The lowest BCUT2D eigenvalue weighted by molar-refractivity contribution is 0.274. The van der Waals surface area contributed by atoms with Crippen LogP contribution in [0.25, 0.3) is 0 Å². The lowest BCUT2D eigenvalue weighted by Crippen LogP contribution is -2.32. The molecule has 1 aromatic rings. The fourth-order valence-electron chi connectivity index (χ4n) is 3.69. The van der Waals surface area contributed by atoms with Gasteiger partial charge in [0.2, 0.25) is 0 Å². The van der Waals surface area contributed by atoms with Crippen molar-refractivity contribution in [2.24, 2.45) is 5.92 Å². The third-order valence-corrected chi connectivity index (χ3v) is 4.37. The van der Waals surface area contributed by atoms with Gasteiger partial charge in [-0.05, 0) is 49.1 Å². The monoisotopic (exact) mass is 217 g/mol. The topological polar surface area (TPSA) is 23.5 Å². The second kappa shape index (κ2) is 3.49. The number of fused-ring (bicyclic) bond motifs is 3. The Labute approximate surface area is 96.9 Å². The molecule has 3 atom stereocenters. The van der Waals surface area contributed by atoms with Crippen molar-refractivity contribution >= 4 is 0 Å².